The van der Waals surface area contributed by atoms with Crippen LogP contribution in [0.3, 0.4) is 0 Å². The number of fused-ring (bicyclic) bond motifs is 12. The summed E-state index contributed by atoms with van der Waals surface area (Å²) in [4.78, 5) is 0. The molecule has 6 nitrogen and oxygen atoms in total. The summed E-state index contributed by atoms with van der Waals surface area (Å²) in [6, 6.07) is 78.4. The lowest BCUT2D eigenvalue weighted by atomic mass is 9.79. The monoisotopic (exact) mass is 1610 g/mol. The molecular weight excluding hydrogens is 1540 g/mol. The number of aromatic nitrogens is 4. The number of rotatable bonds is 12. The van der Waals surface area contributed by atoms with Crippen molar-refractivity contribution >= 4 is 87.2 Å². The van der Waals surface area contributed by atoms with Crippen LogP contribution in [0.2, 0.25) is 0 Å². The molecule has 4 aromatic heterocycles. The van der Waals surface area contributed by atoms with E-state index in [-0.39, 0.29) is 49.9 Å². The third kappa shape index (κ3) is 13.1. The number of nitrogens with zero attached hydrogens (tertiary/aromatic N) is 6. The normalized spacial score (nSPS) is 12.7. The second-order valence-electron chi connectivity index (χ2n) is 33.0. The van der Waals surface area contributed by atoms with Gasteiger partial charge < -0.3 is 18.3 Å². The second-order valence-corrected chi connectivity index (χ2v) is 33.0. The Morgan fingerprint density at radius 2 is 0.625 bits per heavy atom. The molecule has 0 unspecified atom stereocenters. The van der Waals surface area contributed by atoms with Crippen LogP contribution in [0.4, 0.5) is 52.7 Å². The third-order valence-corrected chi connectivity index (χ3v) is 23.8. The van der Waals surface area contributed by atoms with Crippen LogP contribution in [0.5, 0.6) is 0 Å². The molecule has 0 saturated carbocycles. The fourth-order valence-corrected chi connectivity index (χ4v) is 18.0. The Bertz CT molecular complexity index is 7310. The fourth-order valence-electron chi connectivity index (χ4n) is 18.0. The smallest absolute Gasteiger partial charge is 0.309 e. The van der Waals surface area contributed by atoms with Crippen molar-refractivity contribution in [1.29, 1.82) is 10.5 Å². The van der Waals surface area contributed by atoms with Gasteiger partial charge in [0, 0.05) is 76.7 Å². The van der Waals surface area contributed by atoms with Crippen LogP contribution in [0.15, 0.2) is 267 Å². The molecule has 0 aliphatic heterocycles. The van der Waals surface area contributed by atoms with E-state index in [1.54, 1.807) is 48.5 Å². The minimum Gasteiger partial charge on any atom is -0.309 e. The summed E-state index contributed by atoms with van der Waals surface area (Å²) < 4.78 is 195. The first-order chi connectivity index (χ1) is 57.1. The highest BCUT2D eigenvalue weighted by molar-refractivity contribution is 6.14. The summed E-state index contributed by atoms with van der Waals surface area (Å²) in [6.45, 7) is 16.4. The molecule has 0 amide bonds. The Morgan fingerprint density at radius 1 is 0.283 bits per heavy atom. The summed E-state index contributed by atoms with van der Waals surface area (Å²) in [7, 11) is 0. The van der Waals surface area contributed by atoms with Crippen molar-refractivity contribution in [2.45, 2.75) is 104 Å². The Kier molecular flexibility index (Phi) is 18.2. The minimum absolute atomic E-state index is 0.000481. The molecule has 0 fully saturated rings. The molecule has 0 N–H and O–H groups in total. The number of benzene rings is 14. The highest BCUT2D eigenvalue weighted by Gasteiger charge is 2.44. The van der Waals surface area contributed by atoms with E-state index in [4.69, 9.17) is 0 Å². The lowest BCUT2D eigenvalue weighted by molar-refractivity contribution is -0.143. The van der Waals surface area contributed by atoms with E-state index in [0.717, 1.165) is 111 Å². The van der Waals surface area contributed by atoms with Gasteiger partial charge >= 0.3 is 24.7 Å². The van der Waals surface area contributed by atoms with Crippen molar-refractivity contribution in [1.82, 2.24) is 18.3 Å². The van der Waals surface area contributed by atoms with Crippen molar-refractivity contribution in [3.05, 3.63) is 334 Å². The van der Waals surface area contributed by atoms with Gasteiger partial charge in [0.15, 0.2) is 0 Å². The fraction of sp³-hybridized carbons (Fsp3) is 0.157. The van der Waals surface area contributed by atoms with Crippen LogP contribution in [-0.4, -0.2) is 18.3 Å². The molecule has 0 spiro atoms. The van der Waals surface area contributed by atoms with Gasteiger partial charge in [-0.3, -0.25) is 0 Å². The molecule has 120 heavy (non-hydrogen) atoms. The van der Waals surface area contributed by atoms with E-state index in [9.17, 15) is 10.5 Å². The molecule has 594 valence electrons. The van der Waals surface area contributed by atoms with Crippen molar-refractivity contribution in [3.8, 4) is 79.4 Å². The lowest BCUT2D eigenvalue weighted by Crippen LogP contribution is -2.18. The van der Waals surface area contributed by atoms with E-state index in [1.807, 2.05) is 179 Å². The molecular formula is C102H72F12N6. The zero-order valence-corrected chi connectivity index (χ0v) is 66.0. The van der Waals surface area contributed by atoms with Crippen LogP contribution in [0.25, 0.3) is 154 Å². The first kappa shape index (κ1) is 77.6. The largest absolute Gasteiger partial charge is 0.417 e. The van der Waals surface area contributed by atoms with Crippen LogP contribution in [0.1, 0.15) is 108 Å². The maximum absolute atomic E-state index is 15.6. The van der Waals surface area contributed by atoms with Crippen molar-refractivity contribution in [3.63, 3.8) is 0 Å². The predicted molar refractivity (Wildman–Crippen MR) is 456 cm³/mol. The number of nitriles is 2. The van der Waals surface area contributed by atoms with Crippen LogP contribution in [-0.2, 0) is 42.0 Å². The third-order valence-electron chi connectivity index (χ3n) is 23.8. The highest BCUT2D eigenvalue weighted by atomic mass is 19.4. The van der Waals surface area contributed by atoms with E-state index in [0.29, 0.717) is 81.9 Å². The predicted octanol–water partition coefficient (Wildman–Crippen LogP) is 29.7. The van der Waals surface area contributed by atoms with E-state index < -0.39 is 63.5 Å². The number of para-hydroxylation sites is 2. The molecule has 0 atom stereocenters. The van der Waals surface area contributed by atoms with Crippen LogP contribution in [0, 0.1) is 43.4 Å². The zero-order valence-electron chi connectivity index (χ0n) is 66.0. The van der Waals surface area contributed by atoms with Crippen LogP contribution < -0.4 is 0 Å². The number of halogens is 12. The molecule has 18 rings (SSSR count). The molecule has 4 heterocycles. The standard InChI is InChI=1S/C102H72F12N6/c1-57-23-35-87-73(45-57)74-46-58(2)24-36-88(74)118(87)66-32-34-70(96-83(101(109,110)111)19-14-20-84(96)102(112,113)114)72(54-66)77-50-62(56-116)28-40-92(77)120-90-37-25-59(3)47-75(90)78-48-60(26-38-93(78)120)43-44-98(7,8)64-30-42-94-80(52-64)68-16-10-12-22-86(68)119(94)91-39-27-61(55-115)49-76(91)71-53-65(31-33-69(71)95-81(99(103,104)105)17-13-18-82(95)100(106,107)108)117-85-21-11-9-15-67(85)79-51-63(97(4,5)6)29-41-89(79)117/h9-42,45-54H,43-44H2,1-8H3. The van der Waals surface area contributed by atoms with Gasteiger partial charge in [-0.05, 0) is 253 Å². The average Bonchev–Trinajstić information content (AvgIpc) is 1.47. The second kappa shape index (κ2) is 28.1. The lowest BCUT2D eigenvalue weighted by Gasteiger charge is -2.26. The summed E-state index contributed by atoms with van der Waals surface area (Å²) in [5, 5.41) is 28.2. The molecule has 18 heteroatoms. The molecule has 0 aliphatic carbocycles. The molecule has 14 aromatic carbocycles. The Balaban J connectivity index is 0.765. The molecule has 0 saturated heterocycles. The molecule has 0 radical (unpaired) electrons. The van der Waals surface area contributed by atoms with Gasteiger partial charge in [-0.15, -0.1) is 0 Å². The van der Waals surface area contributed by atoms with Gasteiger partial charge in [0.05, 0.1) is 101 Å². The topological polar surface area (TPSA) is 67.3 Å². The number of aryl methyl sites for hydroxylation is 4. The maximum Gasteiger partial charge on any atom is 0.417 e. The molecule has 0 aliphatic rings. The van der Waals surface area contributed by atoms with Gasteiger partial charge in [0.2, 0.25) is 0 Å². The summed E-state index contributed by atoms with van der Waals surface area (Å²) >= 11 is 0. The van der Waals surface area contributed by atoms with Gasteiger partial charge in [0.1, 0.15) is 0 Å². The highest BCUT2D eigenvalue weighted by Crippen LogP contribution is 2.54. The average molecular weight is 1610 g/mol. The SMILES string of the molecule is Cc1ccc2c(c1)c1cc(C)ccc1n2-c1ccc(-c2c(C(F)(F)F)cccc2C(F)(F)F)c(-c2cc(C#N)ccc2-n2c3ccc(C)cc3c3cc(CCC(C)(C)c4ccc5c(c4)c4ccccc4n5-c4ccc(C#N)cc4-c4cc(-n5c6ccccc6c6cc(C(C)(C)C)ccc65)ccc4-c4c(C(F)(F)F)cccc4C(F)(F)F)ccc32)c1. The Morgan fingerprint density at radius 3 is 1.02 bits per heavy atom. The Hall–Kier alpha value is -13.6. The summed E-state index contributed by atoms with van der Waals surface area (Å²) in [5.41, 5.74) is 3.93. The van der Waals surface area contributed by atoms with Gasteiger partial charge in [-0.1, -0.05) is 148 Å². The quantitative estimate of drug-likeness (QED) is 0.114. The van der Waals surface area contributed by atoms with E-state index in [1.165, 1.54) is 24.3 Å². The minimum atomic E-state index is -5.25. The first-order valence-corrected chi connectivity index (χ1v) is 39.1. The molecule has 18 aromatic rings. The van der Waals surface area contributed by atoms with Crippen molar-refractivity contribution in [2.75, 3.05) is 0 Å². The Labute approximate surface area is 681 Å². The summed E-state index contributed by atoms with van der Waals surface area (Å²) in [6.07, 6.45) is -19.9. The number of alkyl halides is 12. The van der Waals surface area contributed by atoms with E-state index >= 15 is 52.7 Å². The van der Waals surface area contributed by atoms with Gasteiger partial charge in [-0.25, -0.2) is 0 Å². The zero-order chi connectivity index (χ0) is 84.3. The molecule has 0 bridgehead atoms. The van der Waals surface area contributed by atoms with Crippen molar-refractivity contribution in [2.24, 2.45) is 0 Å². The van der Waals surface area contributed by atoms with E-state index in [2.05, 4.69) is 65.0 Å². The first-order valence-electron chi connectivity index (χ1n) is 39.1. The van der Waals surface area contributed by atoms with Gasteiger partial charge in [-0.2, -0.15) is 63.2 Å². The number of hydrogen-bond acceptors (Lipinski definition) is 2. The van der Waals surface area contributed by atoms with Crippen LogP contribution >= 0.6 is 0 Å². The number of hydrogen-bond donors (Lipinski definition) is 0. The summed E-state index contributed by atoms with van der Waals surface area (Å²) in [5.74, 6) is 0. The van der Waals surface area contributed by atoms with Crippen molar-refractivity contribution < 1.29 is 52.7 Å². The van der Waals surface area contributed by atoms with Gasteiger partial charge in [0.25, 0.3) is 0 Å². The maximum atomic E-state index is 15.6.